The van der Waals surface area contributed by atoms with Crippen molar-refractivity contribution in [1.29, 1.82) is 0 Å². The Morgan fingerprint density at radius 3 is 2.28 bits per heavy atom. The summed E-state index contributed by atoms with van der Waals surface area (Å²) >= 11 is 0. The van der Waals surface area contributed by atoms with Crippen LogP contribution in [0.2, 0.25) is 0 Å². The van der Waals surface area contributed by atoms with E-state index in [9.17, 15) is 34.8 Å². The number of aliphatic hydroxyl groups is 4. The second-order valence-corrected chi connectivity index (χ2v) is 5.94. The molecule has 2 aliphatic rings. The summed E-state index contributed by atoms with van der Waals surface area (Å²) in [5, 5.41) is 51.0. The first kappa shape index (κ1) is 19.2. The molecule has 10 heteroatoms. The number of nitrogens with zero attached hydrogens (tertiary/aromatic N) is 1. The second-order valence-electron chi connectivity index (χ2n) is 5.94. The summed E-state index contributed by atoms with van der Waals surface area (Å²) in [4.78, 5) is 36.0. The van der Waals surface area contributed by atoms with E-state index in [2.05, 4.69) is 0 Å². The quantitative estimate of drug-likeness (QED) is 0.366. The molecule has 0 amide bonds. The first-order valence-corrected chi connectivity index (χ1v) is 7.33. The fourth-order valence-corrected chi connectivity index (χ4v) is 3.13. The highest BCUT2D eigenvalue weighted by atomic mass is 16.7. The van der Waals surface area contributed by atoms with Crippen molar-refractivity contribution in [3.8, 4) is 0 Å². The molecule has 0 bridgehead atoms. The van der Waals surface area contributed by atoms with Gasteiger partial charge in [0.25, 0.3) is 5.91 Å². The van der Waals surface area contributed by atoms with E-state index in [1.54, 1.807) is 0 Å². The SMILES string of the molecule is CC(=O)[C@]1(O)[C@@](O)(C(C)=O)[C@@H](CO)O[C@@]1(O)N1C=CCC(C(=O)O)=C1. The van der Waals surface area contributed by atoms with E-state index < -0.39 is 47.4 Å². The molecule has 10 nitrogen and oxygen atoms in total. The number of carboxylic acid groups (broad SMARTS) is 1. The normalized spacial score (nSPS) is 37.8. The van der Waals surface area contributed by atoms with Gasteiger partial charge in [-0.05, 0) is 13.8 Å². The lowest BCUT2D eigenvalue weighted by Gasteiger charge is -2.44. The number of aliphatic hydroxyl groups excluding tert-OH is 1. The molecule has 0 aliphatic carbocycles. The van der Waals surface area contributed by atoms with Gasteiger partial charge in [0, 0.05) is 18.8 Å². The zero-order valence-corrected chi connectivity index (χ0v) is 13.5. The fraction of sp³-hybridized carbons (Fsp3) is 0.533. The van der Waals surface area contributed by atoms with E-state index in [4.69, 9.17) is 9.84 Å². The lowest BCUT2D eigenvalue weighted by atomic mass is 9.73. The topological polar surface area (TPSA) is 165 Å². The Kier molecular flexibility index (Phi) is 4.61. The Morgan fingerprint density at radius 1 is 1.24 bits per heavy atom. The van der Waals surface area contributed by atoms with Crippen LogP contribution in [0.5, 0.6) is 0 Å². The Balaban J connectivity index is 2.68. The van der Waals surface area contributed by atoms with Gasteiger partial charge in [-0.15, -0.1) is 0 Å². The highest BCUT2D eigenvalue weighted by Gasteiger charge is 2.79. The zero-order valence-electron chi connectivity index (χ0n) is 13.5. The van der Waals surface area contributed by atoms with E-state index >= 15 is 0 Å². The van der Waals surface area contributed by atoms with Gasteiger partial charge in [0.05, 0.1) is 12.2 Å². The molecule has 0 spiro atoms. The van der Waals surface area contributed by atoms with Crippen molar-refractivity contribution in [2.24, 2.45) is 0 Å². The number of carboxylic acids is 1. The van der Waals surface area contributed by atoms with Crippen LogP contribution in [0.1, 0.15) is 20.3 Å². The number of hydrogen-bond acceptors (Lipinski definition) is 9. The summed E-state index contributed by atoms with van der Waals surface area (Å²) in [5.74, 6) is -6.68. The smallest absolute Gasteiger partial charge is 0.333 e. The van der Waals surface area contributed by atoms with Crippen molar-refractivity contribution in [2.45, 2.75) is 43.5 Å². The van der Waals surface area contributed by atoms with Gasteiger partial charge in [-0.1, -0.05) is 6.08 Å². The summed E-state index contributed by atoms with van der Waals surface area (Å²) < 4.78 is 5.12. The average Bonchev–Trinajstić information content (AvgIpc) is 2.75. The first-order valence-electron chi connectivity index (χ1n) is 7.33. The third-order valence-electron chi connectivity index (χ3n) is 4.53. The molecule has 1 fully saturated rings. The summed E-state index contributed by atoms with van der Waals surface area (Å²) in [6, 6.07) is 0. The van der Waals surface area contributed by atoms with Crippen LogP contribution in [0.25, 0.3) is 0 Å². The van der Waals surface area contributed by atoms with Crippen LogP contribution in [-0.2, 0) is 19.1 Å². The summed E-state index contributed by atoms with van der Waals surface area (Å²) in [5.41, 5.74) is -6.35. The Morgan fingerprint density at radius 2 is 1.84 bits per heavy atom. The molecule has 2 rings (SSSR count). The highest BCUT2D eigenvalue weighted by molar-refractivity contribution is 5.99. The number of rotatable bonds is 5. The van der Waals surface area contributed by atoms with Crippen LogP contribution in [0, 0.1) is 0 Å². The van der Waals surface area contributed by atoms with Crippen molar-refractivity contribution >= 4 is 17.5 Å². The monoisotopic (exact) mass is 357 g/mol. The molecule has 4 atom stereocenters. The molecule has 138 valence electrons. The lowest BCUT2D eigenvalue weighted by molar-refractivity contribution is -0.315. The Labute approximate surface area is 142 Å². The predicted octanol–water partition coefficient (Wildman–Crippen LogP) is -2.15. The van der Waals surface area contributed by atoms with E-state index in [0.717, 1.165) is 26.2 Å². The van der Waals surface area contributed by atoms with E-state index in [-0.39, 0.29) is 12.0 Å². The standard InChI is InChI=1S/C15H19NO9/c1-8(18)13(22)11(7-17)25-15(24,14(13,23)9(2)19)16-5-3-4-10(6-16)12(20)21/h3,5-6,11,17,22-24H,4,7H2,1-2H3,(H,20,21)/t11-,13-,14+,15-/m1/s1. The maximum atomic E-state index is 12.2. The number of carbonyl (C=O) groups excluding carboxylic acids is 2. The lowest BCUT2D eigenvalue weighted by Crippen LogP contribution is -2.73. The maximum absolute atomic E-state index is 12.2. The minimum absolute atomic E-state index is 0.000812. The van der Waals surface area contributed by atoms with Crippen LogP contribution in [-0.4, -0.2) is 77.8 Å². The molecule has 0 aromatic carbocycles. The number of aliphatic carboxylic acids is 1. The summed E-state index contributed by atoms with van der Waals surface area (Å²) in [7, 11) is 0. The van der Waals surface area contributed by atoms with E-state index in [1.165, 1.54) is 6.08 Å². The van der Waals surface area contributed by atoms with Gasteiger partial charge < -0.3 is 35.2 Å². The molecule has 2 aliphatic heterocycles. The molecule has 0 aromatic rings. The summed E-state index contributed by atoms with van der Waals surface area (Å²) in [6.07, 6.45) is 1.50. The van der Waals surface area contributed by atoms with Gasteiger partial charge in [-0.25, -0.2) is 4.79 Å². The zero-order chi connectivity index (χ0) is 19.2. The number of carbonyl (C=O) groups is 3. The molecule has 2 heterocycles. The van der Waals surface area contributed by atoms with Gasteiger partial charge in [0.2, 0.25) is 5.60 Å². The van der Waals surface area contributed by atoms with Gasteiger partial charge in [0.15, 0.2) is 17.2 Å². The van der Waals surface area contributed by atoms with Crippen LogP contribution in [0.4, 0.5) is 0 Å². The van der Waals surface area contributed by atoms with Crippen molar-refractivity contribution < 1.29 is 44.7 Å². The number of hydrogen-bond donors (Lipinski definition) is 5. The van der Waals surface area contributed by atoms with Crippen LogP contribution >= 0.6 is 0 Å². The number of ether oxygens (including phenoxy) is 1. The van der Waals surface area contributed by atoms with E-state index in [0.29, 0.717) is 4.90 Å². The molecule has 0 unspecified atom stereocenters. The van der Waals surface area contributed by atoms with Crippen LogP contribution in [0.3, 0.4) is 0 Å². The van der Waals surface area contributed by atoms with Gasteiger partial charge in [-0.3, -0.25) is 9.59 Å². The van der Waals surface area contributed by atoms with E-state index in [1.807, 2.05) is 0 Å². The highest BCUT2D eigenvalue weighted by Crippen LogP contribution is 2.49. The molecular formula is C15H19NO9. The number of ketones is 2. The number of allylic oxidation sites excluding steroid dienone is 1. The summed E-state index contributed by atoms with van der Waals surface area (Å²) in [6.45, 7) is 0.675. The van der Waals surface area contributed by atoms with Gasteiger partial charge in [-0.2, -0.15) is 0 Å². The molecule has 0 aromatic heterocycles. The minimum atomic E-state index is -3.19. The largest absolute Gasteiger partial charge is 0.478 e. The van der Waals surface area contributed by atoms with Crippen LogP contribution < -0.4 is 0 Å². The predicted molar refractivity (Wildman–Crippen MR) is 79.5 cm³/mol. The average molecular weight is 357 g/mol. The van der Waals surface area contributed by atoms with Crippen molar-refractivity contribution in [2.75, 3.05) is 6.61 Å². The third kappa shape index (κ3) is 2.34. The Bertz CT molecular complexity index is 686. The second kappa shape index (κ2) is 6.00. The fourth-order valence-electron chi connectivity index (χ4n) is 3.13. The van der Waals surface area contributed by atoms with Crippen LogP contribution in [0.15, 0.2) is 24.0 Å². The minimum Gasteiger partial charge on any atom is -0.478 e. The molecular weight excluding hydrogens is 338 g/mol. The molecule has 1 saturated heterocycles. The van der Waals surface area contributed by atoms with Gasteiger partial charge >= 0.3 is 5.97 Å². The first-order chi connectivity index (χ1) is 11.5. The Hall–Kier alpha value is -2.11. The van der Waals surface area contributed by atoms with Crippen molar-refractivity contribution in [3.05, 3.63) is 24.0 Å². The van der Waals surface area contributed by atoms with Crippen molar-refractivity contribution in [1.82, 2.24) is 4.90 Å². The molecule has 5 N–H and O–H groups in total. The maximum Gasteiger partial charge on any atom is 0.333 e. The third-order valence-corrected chi connectivity index (χ3v) is 4.53. The molecule has 0 saturated carbocycles. The van der Waals surface area contributed by atoms with Gasteiger partial charge in [0.1, 0.15) is 6.10 Å². The number of Topliss-reactive ketones (excluding diaryl/α,β-unsaturated/α-hetero) is 2. The molecule has 25 heavy (non-hydrogen) atoms. The molecule has 0 radical (unpaired) electrons. The van der Waals surface area contributed by atoms with Crippen molar-refractivity contribution in [3.63, 3.8) is 0 Å².